The summed E-state index contributed by atoms with van der Waals surface area (Å²) >= 11 is 2.26. The van der Waals surface area contributed by atoms with E-state index in [0.717, 1.165) is 26.9 Å². The number of hydrogen-bond acceptors (Lipinski definition) is 2. The molecule has 0 spiro atoms. The summed E-state index contributed by atoms with van der Waals surface area (Å²) in [5.74, 6) is 0.268. The van der Waals surface area contributed by atoms with Crippen molar-refractivity contribution >= 4 is 34.1 Å². The lowest BCUT2D eigenvalue weighted by Gasteiger charge is -2.19. The zero-order valence-electron chi connectivity index (χ0n) is 7.36. The van der Waals surface area contributed by atoms with Crippen molar-refractivity contribution in [1.82, 2.24) is 0 Å². The second-order valence-electron chi connectivity index (χ2n) is 3.19. The number of ketones is 1. The Kier molecular flexibility index (Phi) is 2.27. The highest BCUT2D eigenvalue weighted by atomic mass is 127. The Morgan fingerprint density at radius 2 is 2.23 bits per heavy atom. The van der Waals surface area contributed by atoms with E-state index < -0.39 is 0 Å². The van der Waals surface area contributed by atoms with E-state index in [1.54, 1.807) is 0 Å². The average molecular weight is 287 g/mol. The van der Waals surface area contributed by atoms with Gasteiger partial charge in [0.2, 0.25) is 0 Å². The third-order valence-electron chi connectivity index (χ3n) is 2.35. The molecule has 0 atom stereocenters. The fourth-order valence-corrected chi connectivity index (χ4v) is 2.08. The van der Waals surface area contributed by atoms with Gasteiger partial charge in [0.05, 0.1) is 0 Å². The SMILES string of the molecule is Cc1c(I)ccc2c1C(=O)CCN2. The van der Waals surface area contributed by atoms with Gasteiger partial charge in [0.1, 0.15) is 0 Å². The third-order valence-corrected chi connectivity index (χ3v) is 3.51. The molecule has 1 aliphatic rings. The van der Waals surface area contributed by atoms with Crippen molar-refractivity contribution in [3.8, 4) is 0 Å². The minimum atomic E-state index is 0.268. The molecule has 0 saturated carbocycles. The quantitative estimate of drug-likeness (QED) is 0.743. The predicted octanol–water partition coefficient (Wildman–Crippen LogP) is 2.60. The van der Waals surface area contributed by atoms with E-state index in [1.165, 1.54) is 0 Å². The molecule has 0 bridgehead atoms. The number of Topliss-reactive ketones (excluding diaryl/α,β-unsaturated/α-hetero) is 1. The second kappa shape index (κ2) is 3.29. The van der Waals surface area contributed by atoms with E-state index in [2.05, 4.69) is 27.9 Å². The van der Waals surface area contributed by atoms with Crippen molar-refractivity contribution in [3.63, 3.8) is 0 Å². The molecule has 3 heteroatoms. The lowest BCUT2D eigenvalue weighted by atomic mass is 9.97. The van der Waals surface area contributed by atoms with E-state index in [9.17, 15) is 4.79 Å². The fourth-order valence-electron chi connectivity index (χ4n) is 1.63. The lowest BCUT2D eigenvalue weighted by molar-refractivity contribution is 0.0983. The summed E-state index contributed by atoms with van der Waals surface area (Å²) in [5, 5.41) is 3.24. The first-order chi connectivity index (χ1) is 6.20. The smallest absolute Gasteiger partial charge is 0.167 e. The Balaban J connectivity index is 2.65. The number of hydrogen-bond donors (Lipinski definition) is 1. The minimum Gasteiger partial charge on any atom is -0.384 e. The maximum Gasteiger partial charge on any atom is 0.167 e. The lowest BCUT2D eigenvalue weighted by Crippen LogP contribution is -2.19. The van der Waals surface area contributed by atoms with Crippen LogP contribution in [0.25, 0.3) is 0 Å². The summed E-state index contributed by atoms with van der Waals surface area (Å²) in [6.07, 6.45) is 0.619. The van der Waals surface area contributed by atoms with Crippen LogP contribution in [-0.4, -0.2) is 12.3 Å². The van der Waals surface area contributed by atoms with Gasteiger partial charge in [-0.25, -0.2) is 0 Å². The number of carbonyl (C=O) groups is 1. The topological polar surface area (TPSA) is 29.1 Å². The molecular weight excluding hydrogens is 277 g/mol. The maximum absolute atomic E-state index is 11.6. The van der Waals surface area contributed by atoms with Crippen LogP contribution < -0.4 is 5.32 Å². The first kappa shape index (κ1) is 8.99. The van der Waals surface area contributed by atoms with Gasteiger partial charge in [-0.15, -0.1) is 0 Å². The maximum atomic E-state index is 11.6. The monoisotopic (exact) mass is 287 g/mol. The number of rotatable bonds is 0. The summed E-state index contributed by atoms with van der Waals surface area (Å²) in [4.78, 5) is 11.6. The van der Waals surface area contributed by atoms with Crippen LogP contribution in [0.15, 0.2) is 12.1 Å². The van der Waals surface area contributed by atoms with Gasteiger partial charge in [-0.1, -0.05) is 0 Å². The third kappa shape index (κ3) is 1.45. The highest BCUT2D eigenvalue weighted by Gasteiger charge is 2.19. The molecule has 0 saturated heterocycles. The predicted molar refractivity (Wildman–Crippen MR) is 61.3 cm³/mol. The summed E-state index contributed by atoms with van der Waals surface area (Å²) in [7, 11) is 0. The molecule has 0 unspecified atom stereocenters. The zero-order valence-corrected chi connectivity index (χ0v) is 9.51. The Morgan fingerprint density at radius 3 is 3.00 bits per heavy atom. The Bertz CT molecular complexity index is 373. The van der Waals surface area contributed by atoms with Gasteiger partial charge in [-0.3, -0.25) is 4.79 Å². The Hall–Kier alpha value is -0.580. The summed E-state index contributed by atoms with van der Waals surface area (Å²) in [6.45, 7) is 2.78. The van der Waals surface area contributed by atoms with Crippen molar-refractivity contribution in [1.29, 1.82) is 0 Å². The molecule has 1 N–H and O–H groups in total. The molecule has 0 radical (unpaired) electrons. The molecule has 1 aromatic carbocycles. The molecule has 2 rings (SSSR count). The molecule has 0 amide bonds. The van der Waals surface area contributed by atoms with Crippen LogP contribution in [0.3, 0.4) is 0 Å². The summed E-state index contributed by atoms with van der Waals surface area (Å²) < 4.78 is 1.16. The second-order valence-corrected chi connectivity index (χ2v) is 4.36. The van der Waals surface area contributed by atoms with Crippen LogP contribution in [0, 0.1) is 10.5 Å². The van der Waals surface area contributed by atoms with E-state index >= 15 is 0 Å². The van der Waals surface area contributed by atoms with Crippen LogP contribution in [0.2, 0.25) is 0 Å². The van der Waals surface area contributed by atoms with Gasteiger partial charge in [-0.05, 0) is 47.2 Å². The fraction of sp³-hybridized carbons (Fsp3) is 0.300. The van der Waals surface area contributed by atoms with Crippen molar-refractivity contribution in [2.75, 3.05) is 11.9 Å². The van der Waals surface area contributed by atoms with E-state index in [0.29, 0.717) is 6.42 Å². The van der Waals surface area contributed by atoms with Gasteiger partial charge in [-0.2, -0.15) is 0 Å². The average Bonchev–Trinajstić information content (AvgIpc) is 2.12. The van der Waals surface area contributed by atoms with Crippen LogP contribution >= 0.6 is 22.6 Å². The highest BCUT2D eigenvalue weighted by Crippen LogP contribution is 2.27. The molecule has 0 aromatic heterocycles. The minimum absolute atomic E-state index is 0.268. The van der Waals surface area contributed by atoms with Gasteiger partial charge >= 0.3 is 0 Å². The largest absolute Gasteiger partial charge is 0.384 e. The van der Waals surface area contributed by atoms with Gasteiger partial charge in [0.25, 0.3) is 0 Å². The Morgan fingerprint density at radius 1 is 1.46 bits per heavy atom. The van der Waals surface area contributed by atoms with Crippen molar-refractivity contribution in [2.45, 2.75) is 13.3 Å². The van der Waals surface area contributed by atoms with E-state index in [-0.39, 0.29) is 5.78 Å². The number of anilines is 1. The van der Waals surface area contributed by atoms with Crippen LogP contribution in [0.5, 0.6) is 0 Å². The first-order valence-electron chi connectivity index (χ1n) is 4.26. The van der Waals surface area contributed by atoms with Gasteiger partial charge in [0, 0.05) is 27.8 Å². The zero-order chi connectivity index (χ0) is 9.42. The number of fused-ring (bicyclic) bond motifs is 1. The van der Waals surface area contributed by atoms with Crippen molar-refractivity contribution < 1.29 is 4.79 Å². The first-order valence-corrected chi connectivity index (χ1v) is 5.34. The van der Waals surface area contributed by atoms with Gasteiger partial charge in [0.15, 0.2) is 5.78 Å². The van der Waals surface area contributed by atoms with Crippen LogP contribution in [0.4, 0.5) is 5.69 Å². The Labute approximate surface area is 90.9 Å². The van der Waals surface area contributed by atoms with E-state index in [4.69, 9.17) is 0 Å². The molecule has 1 aliphatic heterocycles. The van der Waals surface area contributed by atoms with Crippen molar-refractivity contribution in [2.24, 2.45) is 0 Å². The highest BCUT2D eigenvalue weighted by molar-refractivity contribution is 14.1. The van der Waals surface area contributed by atoms with Gasteiger partial charge < -0.3 is 5.32 Å². The molecule has 1 aromatic rings. The molecule has 0 aliphatic carbocycles. The van der Waals surface area contributed by atoms with Crippen LogP contribution in [0.1, 0.15) is 22.3 Å². The molecule has 13 heavy (non-hydrogen) atoms. The summed E-state index contributed by atoms with van der Waals surface area (Å²) in [5.41, 5.74) is 2.99. The summed E-state index contributed by atoms with van der Waals surface area (Å²) in [6, 6.07) is 4.03. The van der Waals surface area contributed by atoms with Crippen LogP contribution in [-0.2, 0) is 0 Å². The molecule has 0 fully saturated rings. The molecule has 68 valence electrons. The molecule has 1 heterocycles. The molecular formula is C10H10INO. The number of halogens is 1. The number of benzene rings is 1. The van der Waals surface area contributed by atoms with E-state index in [1.807, 2.05) is 19.1 Å². The standard InChI is InChI=1S/C10H10INO/c1-6-7(11)2-3-8-10(6)9(13)4-5-12-8/h2-3,12H,4-5H2,1H3. The normalized spacial score (nSPS) is 15.1. The molecule has 2 nitrogen and oxygen atoms in total. The number of carbonyl (C=O) groups excluding carboxylic acids is 1. The van der Waals surface area contributed by atoms with Crippen molar-refractivity contribution in [3.05, 3.63) is 26.8 Å². The number of nitrogens with one attached hydrogen (secondary N) is 1.